The molecule has 0 aromatic rings. The number of allylic oxidation sites excluding steroid dienone is 1. The number of hydrogen-bond donors (Lipinski definition) is 0. The van der Waals surface area contributed by atoms with Crippen LogP contribution < -0.4 is 0 Å². The lowest BCUT2D eigenvalue weighted by molar-refractivity contribution is -0.146. The highest BCUT2D eigenvalue weighted by Crippen LogP contribution is 2.55. The van der Waals surface area contributed by atoms with E-state index < -0.39 is 0 Å². The average Bonchev–Trinajstić information content (AvgIpc) is 2.10. The van der Waals surface area contributed by atoms with Crippen LogP contribution in [0.15, 0.2) is 12.2 Å². The van der Waals surface area contributed by atoms with Gasteiger partial charge in [0.15, 0.2) is 0 Å². The van der Waals surface area contributed by atoms with Crippen molar-refractivity contribution in [2.75, 3.05) is 7.11 Å². The van der Waals surface area contributed by atoms with Crippen LogP contribution >= 0.6 is 0 Å². The molecule has 0 spiro atoms. The number of rotatable bonds is 3. The molecular formula is C12H20O2. The van der Waals surface area contributed by atoms with Gasteiger partial charge >= 0.3 is 5.97 Å². The normalized spacial score (nSPS) is 29.1. The first kappa shape index (κ1) is 11.3. The van der Waals surface area contributed by atoms with Crippen molar-refractivity contribution in [3.63, 3.8) is 0 Å². The lowest BCUT2D eigenvalue weighted by Crippen LogP contribution is -2.46. The zero-order chi connectivity index (χ0) is 10.9. The Balaban J connectivity index is 2.54. The standard InChI is InChI=1S/C12H20O2/c1-8(2)10-6-9(12(10,3)4)7-11(13)14-5/h9-10H,1,6-7H2,2-5H3/t9-,10+/m1/s1. The molecule has 0 unspecified atom stereocenters. The Morgan fingerprint density at radius 3 is 2.50 bits per heavy atom. The number of carbonyl (C=O) groups is 1. The van der Waals surface area contributed by atoms with Gasteiger partial charge in [0, 0.05) is 6.42 Å². The summed E-state index contributed by atoms with van der Waals surface area (Å²) in [6.07, 6.45) is 1.63. The van der Waals surface area contributed by atoms with E-state index in [-0.39, 0.29) is 11.4 Å². The lowest BCUT2D eigenvalue weighted by atomic mass is 9.52. The molecule has 1 rings (SSSR count). The summed E-state index contributed by atoms with van der Waals surface area (Å²) >= 11 is 0. The Morgan fingerprint density at radius 1 is 1.57 bits per heavy atom. The predicted octanol–water partition coefficient (Wildman–Crippen LogP) is 2.79. The lowest BCUT2D eigenvalue weighted by Gasteiger charge is -2.52. The molecule has 0 N–H and O–H groups in total. The van der Waals surface area contributed by atoms with Crippen LogP contribution in [0.5, 0.6) is 0 Å². The fraction of sp³-hybridized carbons (Fsp3) is 0.750. The topological polar surface area (TPSA) is 26.3 Å². The van der Waals surface area contributed by atoms with Crippen molar-refractivity contribution in [3.8, 4) is 0 Å². The summed E-state index contributed by atoms with van der Waals surface area (Å²) in [6.45, 7) is 10.5. The van der Waals surface area contributed by atoms with E-state index in [1.807, 2.05) is 0 Å². The quantitative estimate of drug-likeness (QED) is 0.512. The Bertz CT molecular complexity index is 253. The molecule has 2 atom stereocenters. The minimum atomic E-state index is -0.0942. The highest BCUT2D eigenvalue weighted by atomic mass is 16.5. The molecule has 1 fully saturated rings. The van der Waals surface area contributed by atoms with Crippen LogP contribution in [0.25, 0.3) is 0 Å². The third kappa shape index (κ3) is 1.84. The zero-order valence-corrected chi connectivity index (χ0v) is 9.59. The molecule has 0 saturated heterocycles. The van der Waals surface area contributed by atoms with Crippen molar-refractivity contribution in [3.05, 3.63) is 12.2 Å². The van der Waals surface area contributed by atoms with E-state index in [0.29, 0.717) is 18.3 Å². The fourth-order valence-electron chi connectivity index (χ4n) is 2.48. The van der Waals surface area contributed by atoms with E-state index in [1.165, 1.54) is 12.7 Å². The Kier molecular flexibility index (Phi) is 3.03. The molecular weight excluding hydrogens is 176 g/mol. The van der Waals surface area contributed by atoms with E-state index in [0.717, 1.165) is 6.42 Å². The summed E-state index contributed by atoms with van der Waals surface area (Å²) in [7, 11) is 1.45. The molecule has 0 radical (unpaired) electrons. The minimum Gasteiger partial charge on any atom is -0.469 e. The smallest absolute Gasteiger partial charge is 0.305 e. The maximum Gasteiger partial charge on any atom is 0.305 e. The Labute approximate surface area is 86.3 Å². The summed E-state index contributed by atoms with van der Waals surface area (Å²) < 4.78 is 4.68. The number of hydrogen-bond acceptors (Lipinski definition) is 2. The molecule has 0 amide bonds. The van der Waals surface area contributed by atoms with Crippen LogP contribution in [0.1, 0.15) is 33.6 Å². The van der Waals surface area contributed by atoms with E-state index in [9.17, 15) is 4.79 Å². The van der Waals surface area contributed by atoms with Gasteiger partial charge in [-0.05, 0) is 30.6 Å². The van der Waals surface area contributed by atoms with E-state index >= 15 is 0 Å². The van der Waals surface area contributed by atoms with Gasteiger partial charge < -0.3 is 4.74 Å². The molecule has 1 aliphatic carbocycles. The van der Waals surface area contributed by atoms with Crippen molar-refractivity contribution in [1.29, 1.82) is 0 Å². The van der Waals surface area contributed by atoms with Gasteiger partial charge in [-0.15, -0.1) is 0 Å². The summed E-state index contributed by atoms with van der Waals surface area (Å²) in [4.78, 5) is 11.1. The molecule has 0 heterocycles. The van der Waals surface area contributed by atoms with E-state index in [1.54, 1.807) is 0 Å². The van der Waals surface area contributed by atoms with Crippen molar-refractivity contribution >= 4 is 5.97 Å². The van der Waals surface area contributed by atoms with Crippen LogP contribution in [-0.4, -0.2) is 13.1 Å². The highest BCUT2D eigenvalue weighted by Gasteiger charge is 2.48. The maximum atomic E-state index is 11.1. The molecule has 2 heteroatoms. The van der Waals surface area contributed by atoms with Gasteiger partial charge in [-0.3, -0.25) is 4.79 Å². The van der Waals surface area contributed by atoms with Crippen molar-refractivity contribution < 1.29 is 9.53 Å². The van der Waals surface area contributed by atoms with Crippen molar-refractivity contribution in [1.82, 2.24) is 0 Å². The SMILES string of the molecule is C=C(C)[C@@H]1C[C@H](CC(=O)OC)C1(C)C. The largest absolute Gasteiger partial charge is 0.469 e. The second-order valence-corrected chi connectivity index (χ2v) is 4.93. The fourth-order valence-corrected chi connectivity index (χ4v) is 2.48. The molecule has 0 aromatic carbocycles. The van der Waals surface area contributed by atoms with Crippen molar-refractivity contribution in [2.45, 2.75) is 33.6 Å². The van der Waals surface area contributed by atoms with Crippen molar-refractivity contribution in [2.24, 2.45) is 17.3 Å². The summed E-state index contributed by atoms with van der Waals surface area (Å²) in [6, 6.07) is 0. The predicted molar refractivity (Wildman–Crippen MR) is 56.8 cm³/mol. The van der Waals surface area contributed by atoms with Crippen LogP contribution in [0.4, 0.5) is 0 Å². The summed E-state index contributed by atoms with van der Waals surface area (Å²) in [5.41, 5.74) is 1.44. The van der Waals surface area contributed by atoms with Crippen LogP contribution in [0.2, 0.25) is 0 Å². The van der Waals surface area contributed by atoms with Gasteiger partial charge in [-0.2, -0.15) is 0 Å². The monoisotopic (exact) mass is 196 g/mol. The third-order valence-electron chi connectivity index (χ3n) is 3.71. The van der Waals surface area contributed by atoms with Crippen LogP contribution in [0, 0.1) is 17.3 Å². The molecule has 1 saturated carbocycles. The maximum absolute atomic E-state index is 11.1. The molecule has 1 aliphatic rings. The molecule has 80 valence electrons. The van der Waals surface area contributed by atoms with E-state index in [4.69, 9.17) is 0 Å². The van der Waals surface area contributed by atoms with E-state index in [2.05, 4.69) is 32.1 Å². The summed E-state index contributed by atoms with van der Waals surface area (Å²) in [5, 5.41) is 0. The second-order valence-electron chi connectivity index (χ2n) is 4.93. The molecule has 0 aliphatic heterocycles. The van der Waals surface area contributed by atoms with Gasteiger partial charge in [-0.25, -0.2) is 0 Å². The van der Waals surface area contributed by atoms with Crippen LogP contribution in [0.3, 0.4) is 0 Å². The van der Waals surface area contributed by atoms with Gasteiger partial charge in [0.1, 0.15) is 0 Å². The number of carbonyl (C=O) groups excluding carboxylic acids is 1. The van der Waals surface area contributed by atoms with Gasteiger partial charge in [0.2, 0.25) is 0 Å². The first-order chi connectivity index (χ1) is 6.39. The highest BCUT2D eigenvalue weighted by molar-refractivity contribution is 5.69. The number of ether oxygens (including phenoxy) is 1. The molecule has 0 bridgehead atoms. The summed E-state index contributed by atoms with van der Waals surface area (Å²) in [5.74, 6) is 0.928. The third-order valence-corrected chi connectivity index (χ3v) is 3.71. The Hall–Kier alpha value is -0.790. The second kappa shape index (κ2) is 3.76. The van der Waals surface area contributed by atoms with Crippen LogP contribution in [-0.2, 0) is 9.53 Å². The minimum absolute atomic E-state index is 0.0942. The first-order valence-electron chi connectivity index (χ1n) is 5.11. The molecule has 14 heavy (non-hydrogen) atoms. The van der Waals surface area contributed by atoms with Gasteiger partial charge in [-0.1, -0.05) is 26.0 Å². The number of esters is 1. The molecule has 2 nitrogen and oxygen atoms in total. The first-order valence-corrected chi connectivity index (χ1v) is 5.11. The zero-order valence-electron chi connectivity index (χ0n) is 9.59. The molecule has 0 aromatic heterocycles. The average molecular weight is 196 g/mol. The van der Waals surface area contributed by atoms with Gasteiger partial charge in [0.05, 0.1) is 7.11 Å². The Morgan fingerprint density at radius 2 is 2.14 bits per heavy atom. The number of methoxy groups -OCH3 is 1. The van der Waals surface area contributed by atoms with Gasteiger partial charge in [0.25, 0.3) is 0 Å².